The first-order valence-corrected chi connectivity index (χ1v) is 4.36. The largest absolute Gasteiger partial charge is 0.358 e. The van der Waals surface area contributed by atoms with Crippen molar-refractivity contribution < 1.29 is 32.7 Å². The van der Waals surface area contributed by atoms with Crippen LogP contribution in [0.3, 0.4) is 0 Å². The average Bonchev–Trinajstić information content (AvgIpc) is 1.92. The second-order valence-corrected chi connectivity index (χ2v) is 3.16. The minimum Gasteiger partial charge on any atom is -0.358 e. The summed E-state index contributed by atoms with van der Waals surface area (Å²) in [5.74, 6) is 0. The van der Waals surface area contributed by atoms with Crippen molar-refractivity contribution >= 4 is 0 Å². The van der Waals surface area contributed by atoms with E-state index in [-0.39, 0.29) is 45.7 Å². The molecule has 0 heterocycles. The van der Waals surface area contributed by atoms with E-state index in [1.165, 1.54) is 0 Å². The van der Waals surface area contributed by atoms with Gasteiger partial charge < -0.3 is 18.7 Å². The fourth-order valence-electron chi connectivity index (χ4n) is 0.783. The third-order valence-electron chi connectivity index (χ3n) is 1.49. The van der Waals surface area contributed by atoms with Crippen molar-refractivity contribution in [1.29, 1.82) is 0 Å². The van der Waals surface area contributed by atoms with E-state index in [9.17, 15) is 0 Å². The van der Waals surface area contributed by atoms with Crippen molar-refractivity contribution in [3.63, 3.8) is 0 Å². The topological polar surface area (TPSA) is 3.24 Å². The summed E-state index contributed by atoms with van der Waals surface area (Å²) in [7, 11) is 0. The van der Waals surface area contributed by atoms with E-state index in [0.29, 0.717) is 0 Å². The maximum absolute atomic E-state index is 3.81. The summed E-state index contributed by atoms with van der Waals surface area (Å²) < 4.78 is 0. The van der Waals surface area contributed by atoms with Gasteiger partial charge in [-0.1, -0.05) is 21.3 Å². The predicted octanol–water partition coefficient (Wildman–Crippen LogP) is 3.41. The molecule has 0 aromatic heterocycles. The molecule has 1 radical (unpaired) electrons. The molecular weight excluding hydrogens is 235 g/mol. The summed E-state index contributed by atoms with van der Waals surface area (Å²) in [5.41, 5.74) is 0.226. The van der Waals surface area contributed by atoms with Crippen molar-refractivity contribution in [1.82, 2.24) is 4.90 Å². The van der Waals surface area contributed by atoms with Crippen LogP contribution >= 0.6 is 0 Å². The molecule has 0 aliphatic carbocycles. The van der Waals surface area contributed by atoms with E-state index < -0.39 is 0 Å². The van der Waals surface area contributed by atoms with Gasteiger partial charge in [-0.3, -0.25) is 0 Å². The summed E-state index contributed by atoms with van der Waals surface area (Å²) in [6.45, 7) is 19.8. The van der Waals surface area contributed by atoms with E-state index in [1.807, 2.05) is 13.8 Å². The van der Waals surface area contributed by atoms with Gasteiger partial charge >= 0.3 is 0 Å². The number of nitrogens with zero attached hydrogens (tertiary/aromatic N) is 1. The predicted molar refractivity (Wildman–Crippen MR) is 60.1 cm³/mol. The molecule has 0 amide bonds. The molecule has 2 heteroatoms. The molecule has 0 aromatic rings. The Morgan fingerprint density at radius 3 is 1.23 bits per heavy atom. The van der Waals surface area contributed by atoms with Crippen LogP contribution in [-0.2, 0) is 32.7 Å². The van der Waals surface area contributed by atoms with Crippen LogP contribution in [0.5, 0.6) is 0 Å². The first kappa shape index (κ1) is 23.7. The molecule has 0 aliphatic heterocycles. The van der Waals surface area contributed by atoms with Crippen LogP contribution in [0.1, 0.15) is 42.0 Å². The molecule has 0 fully saturated rings. The van der Waals surface area contributed by atoms with Crippen molar-refractivity contribution in [3.05, 3.63) is 13.8 Å². The maximum Gasteiger partial charge on any atom is 0.00714 e. The summed E-state index contributed by atoms with van der Waals surface area (Å²) in [6, 6.07) is 0. The third-order valence-corrected chi connectivity index (χ3v) is 1.49. The Morgan fingerprint density at radius 2 is 1.23 bits per heavy atom. The Labute approximate surface area is 112 Å². The van der Waals surface area contributed by atoms with Crippen LogP contribution in [0.4, 0.5) is 0 Å². The minimum absolute atomic E-state index is 0. The van der Waals surface area contributed by atoms with Crippen molar-refractivity contribution in [2.75, 3.05) is 13.1 Å². The van der Waals surface area contributed by atoms with Crippen molar-refractivity contribution in [2.24, 2.45) is 0 Å². The quantitative estimate of drug-likeness (QED) is 0.689. The summed E-state index contributed by atoms with van der Waals surface area (Å²) in [4.78, 5) is 2.22. The molecule has 1 nitrogen and oxygen atoms in total. The van der Waals surface area contributed by atoms with Crippen LogP contribution in [0, 0.1) is 13.8 Å². The van der Waals surface area contributed by atoms with Gasteiger partial charge in [-0.25, -0.2) is 0 Å². The van der Waals surface area contributed by atoms with Gasteiger partial charge in [0.1, 0.15) is 0 Å². The second kappa shape index (κ2) is 13.1. The number of hydrogen-bond acceptors (Lipinski definition) is 1. The zero-order valence-electron chi connectivity index (χ0n) is 9.35. The molecule has 0 atom stereocenters. The van der Waals surface area contributed by atoms with E-state index >= 15 is 0 Å². The van der Waals surface area contributed by atoms with Gasteiger partial charge in [0.2, 0.25) is 0 Å². The molecule has 0 rings (SSSR count). The minimum atomic E-state index is 0. The summed E-state index contributed by atoms with van der Waals surface area (Å²) >= 11 is 0. The van der Waals surface area contributed by atoms with Crippen LogP contribution in [0.15, 0.2) is 0 Å². The van der Waals surface area contributed by atoms with E-state index in [2.05, 4.69) is 39.5 Å². The van der Waals surface area contributed by atoms with E-state index in [4.69, 9.17) is 0 Å². The molecule has 13 heavy (non-hydrogen) atoms. The normalized spacial score (nSPS) is 9.23. The second-order valence-electron chi connectivity index (χ2n) is 3.16. The van der Waals surface area contributed by atoms with Crippen LogP contribution in [0.25, 0.3) is 0 Å². The zero-order chi connectivity index (χ0) is 9.49. The van der Waals surface area contributed by atoms with Crippen LogP contribution in [-0.4, -0.2) is 23.5 Å². The van der Waals surface area contributed by atoms with Gasteiger partial charge in [-0.2, -0.15) is 0 Å². The monoisotopic (exact) mass is 262 g/mol. The summed E-state index contributed by atoms with van der Waals surface area (Å²) in [5, 5.41) is 0. The van der Waals surface area contributed by atoms with Gasteiger partial charge in [0, 0.05) is 38.2 Å². The molecule has 81 valence electrons. The number of hydrogen-bond donors (Lipinski definition) is 0. The van der Waals surface area contributed by atoms with E-state index in [1.54, 1.807) is 0 Å². The molecule has 0 spiro atoms. The van der Waals surface area contributed by atoms with Crippen LogP contribution < -0.4 is 0 Å². The Morgan fingerprint density at radius 1 is 1.00 bits per heavy atom. The Bertz CT molecular complexity index is 72.6. The summed E-state index contributed by atoms with van der Waals surface area (Å²) in [6.07, 6.45) is 0. The van der Waals surface area contributed by atoms with Gasteiger partial charge in [-0.15, -0.1) is 13.1 Å². The first-order chi connectivity index (χ1) is 5.02. The average molecular weight is 262 g/mol. The molecule has 0 saturated heterocycles. The molecule has 0 aromatic carbocycles. The third kappa shape index (κ3) is 13.1. The maximum atomic E-state index is 3.81. The number of rotatable bonds is 2. The van der Waals surface area contributed by atoms with Gasteiger partial charge in [0.25, 0.3) is 0 Å². The van der Waals surface area contributed by atoms with Gasteiger partial charge in [-0.05, 0) is 20.8 Å². The van der Waals surface area contributed by atoms with Gasteiger partial charge in [0.05, 0.1) is 0 Å². The van der Waals surface area contributed by atoms with Gasteiger partial charge in [0.15, 0.2) is 0 Å². The fourth-order valence-corrected chi connectivity index (χ4v) is 0.783. The molecule has 0 unspecified atom stereocenters. The van der Waals surface area contributed by atoms with E-state index in [0.717, 1.165) is 13.1 Å². The SMILES string of the molecule is C.CC.[CH2-]CN(C[CH2-])C(C)(C)C.[Y]. The first-order valence-electron chi connectivity index (χ1n) is 4.36. The molecule has 0 aliphatic rings. The molecule has 0 N–H and O–H groups in total. The molecule has 0 saturated carbocycles. The smallest absolute Gasteiger partial charge is 0.00714 e. The van der Waals surface area contributed by atoms with Crippen molar-refractivity contribution in [2.45, 2.75) is 47.6 Å². The van der Waals surface area contributed by atoms with Crippen molar-refractivity contribution in [3.8, 4) is 0 Å². The fraction of sp³-hybridized carbons (Fsp3) is 0.818. The standard InChI is InChI=1S/C8H17N.C2H6.CH4.Y/c1-6-9(7-2)8(3,4)5;1-2;;/h1-2,6-7H2,3-5H3;1-2H3;1H4;/q-2;;;. The Kier molecular flexibility index (Phi) is 23.8. The molecule has 0 bridgehead atoms. The Balaban J connectivity index is -0.0000000941. The Hall–Kier alpha value is 1.06. The zero-order valence-corrected chi connectivity index (χ0v) is 12.2. The van der Waals surface area contributed by atoms with Crippen LogP contribution in [0.2, 0.25) is 0 Å². The molecular formula is C11H27NY-2.